The van der Waals surface area contributed by atoms with E-state index in [1.54, 1.807) is 11.3 Å². The van der Waals surface area contributed by atoms with E-state index in [1.807, 2.05) is 23.6 Å². The van der Waals surface area contributed by atoms with Gasteiger partial charge in [-0.05, 0) is 36.4 Å². The highest BCUT2D eigenvalue weighted by Crippen LogP contribution is 2.17. The Balaban J connectivity index is 1.58. The zero-order chi connectivity index (χ0) is 17.6. The molecule has 2 aromatic rings. The van der Waals surface area contributed by atoms with E-state index in [2.05, 4.69) is 42.3 Å². The molecule has 5 heteroatoms. The molecule has 0 radical (unpaired) electrons. The SMILES string of the molecule is CC1CN(Cc2ccccc2CNC(=O)Cc2cccs2)CC(C)O1. The number of nitrogens with zero attached hydrogens (tertiary/aromatic N) is 1. The highest BCUT2D eigenvalue weighted by molar-refractivity contribution is 7.10. The van der Waals surface area contributed by atoms with Gasteiger partial charge < -0.3 is 10.1 Å². The van der Waals surface area contributed by atoms with Crippen molar-refractivity contribution in [3.63, 3.8) is 0 Å². The second kappa shape index (κ2) is 8.61. The summed E-state index contributed by atoms with van der Waals surface area (Å²) in [6, 6.07) is 12.3. The summed E-state index contributed by atoms with van der Waals surface area (Å²) >= 11 is 1.62. The van der Waals surface area contributed by atoms with Crippen LogP contribution >= 0.6 is 11.3 Å². The molecule has 0 aliphatic carbocycles. The van der Waals surface area contributed by atoms with Gasteiger partial charge in [-0.2, -0.15) is 0 Å². The van der Waals surface area contributed by atoms with Gasteiger partial charge in [-0.3, -0.25) is 9.69 Å². The molecule has 1 amide bonds. The van der Waals surface area contributed by atoms with Crippen molar-refractivity contribution in [2.75, 3.05) is 13.1 Å². The van der Waals surface area contributed by atoms with Crippen molar-refractivity contribution >= 4 is 17.2 Å². The zero-order valence-electron chi connectivity index (χ0n) is 14.9. The third-order valence-corrected chi connectivity index (χ3v) is 5.27. The van der Waals surface area contributed by atoms with Gasteiger partial charge in [0.15, 0.2) is 0 Å². The van der Waals surface area contributed by atoms with Crippen LogP contribution in [-0.4, -0.2) is 36.1 Å². The second-order valence-corrected chi connectivity index (χ2v) is 7.79. The minimum atomic E-state index is 0.0749. The third-order valence-electron chi connectivity index (χ3n) is 4.40. The number of hydrogen-bond donors (Lipinski definition) is 1. The molecule has 1 aromatic carbocycles. The van der Waals surface area contributed by atoms with Crippen LogP contribution in [0.5, 0.6) is 0 Å². The van der Waals surface area contributed by atoms with Gasteiger partial charge in [0, 0.05) is 31.1 Å². The maximum atomic E-state index is 12.1. The van der Waals surface area contributed by atoms with Crippen molar-refractivity contribution in [2.24, 2.45) is 0 Å². The Morgan fingerprint density at radius 3 is 2.56 bits per heavy atom. The Bertz CT molecular complexity index is 677. The minimum absolute atomic E-state index is 0.0749. The summed E-state index contributed by atoms with van der Waals surface area (Å²) in [5.41, 5.74) is 2.47. The lowest BCUT2D eigenvalue weighted by molar-refractivity contribution is -0.120. The smallest absolute Gasteiger partial charge is 0.225 e. The molecule has 25 heavy (non-hydrogen) atoms. The average molecular weight is 359 g/mol. The maximum Gasteiger partial charge on any atom is 0.225 e. The average Bonchev–Trinajstić information content (AvgIpc) is 3.06. The van der Waals surface area contributed by atoms with Crippen LogP contribution in [-0.2, 0) is 29.0 Å². The first-order chi connectivity index (χ1) is 12.1. The molecule has 2 unspecified atom stereocenters. The molecule has 1 N–H and O–H groups in total. The first kappa shape index (κ1) is 18.1. The molecule has 2 heterocycles. The third kappa shape index (κ3) is 5.39. The number of ether oxygens (including phenoxy) is 1. The molecule has 0 saturated carbocycles. The molecule has 1 fully saturated rings. The molecule has 4 nitrogen and oxygen atoms in total. The second-order valence-electron chi connectivity index (χ2n) is 6.75. The fourth-order valence-electron chi connectivity index (χ4n) is 3.37. The van der Waals surface area contributed by atoms with Gasteiger partial charge in [0.2, 0.25) is 5.91 Å². The van der Waals surface area contributed by atoms with Gasteiger partial charge in [-0.15, -0.1) is 11.3 Å². The van der Waals surface area contributed by atoms with E-state index in [-0.39, 0.29) is 18.1 Å². The van der Waals surface area contributed by atoms with Gasteiger partial charge in [-0.25, -0.2) is 0 Å². The quantitative estimate of drug-likeness (QED) is 0.862. The van der Waals surface area contributed by atoms with Gasteiger partial charge in [0.1, 0.15) is 0 Å². The number of carbonyl (C=O) groups is 1. The van der Waals surface area contributed by atoms with E-state index < -0.39 is 0 Å². The number of nitrogens with one attached hydrogen (secondary N) is 1. The summed E-state index contributed by atoms with van der Waals surface area (Å²) in [7, 11) is 0. The van der Waals surface area contributed by atoms with E-state index in [1.165, 1.54) is 11.1 Å². The van der Waals surface area contributed by atoms with Crippen molar-refractivity contribution in [1.29, 1.82) is 0 Å². The monoisotopic (exact) mass is 358 g/mol. The summed E-state index contributed by atoms with van der Waals surface area (Å²) in [5.74, 6) is 0.0749. The number of thiophene rings is 1. The van der Waals surface area contributed by atoms with Crippen LogP contribution in [0.25, 0.3) is 0 Å². The summed E-state index contributed by atoms with van der Waals surface area (Å²) in [4.78, 5) is 15.7. The molecule has 1 aromatic heterocycles. The molecule has 134 valence electrons. The number of hydrogen-bond acceptors (Lipinski definition) is 4. The molecule has 2 atom stereocenters. The summed E-state index contributed by atoms with van der Waals surface area (Å²) in [6.07, 6.45) is 0.987. The Hall–Kier alpha value is -1.69. The van der Waals surface area contributed by atoms with Crippen LogP contribution in [0.4, 0.5) is 0 Å². The number of benzene rings is 1. The number of morpholine rings is 1. The molecule has 0 bridgehead atoms. The van der Waals surface area contributed by atoms with E-state index >= 15 is 0 Å². The first-order valence-corrected chi connectivity index (χ1v) is 9.72. The van der Waals surface area contributed by atoms with Crippen molar-refractivity contribution in [1.82, 2.24) is 10.2 Å². The molecule has 3 rings (SSSR count). The van der Waals surface area contributed by atoms with Crippen molar-refractivity contribution < 1.29 is 9.53 Å². The number of rotatable bonds is 6. The molecule has 1 saturated heterocycles. The summed E-state index contributed by atoms with van der Waals surface area (Å²) in [5, 5.41) is 5.06. The molecule has 1 aliphatic heterocycles. The van der Waals surface area contributed by atoms with Gasteiger partial charge >= 0.3 is 0 Å². The van der Waals surface area contributed by atoms with E-state index in [4.69, 9.17) is 4.74 Å². The fourth-order valence-corrected chi connectivity index (χ4v) is 4.07. The van der Waals surface area contributed by atoms with E-state index in [0.717, 1.165) is 24.5 Å². The van der Waals surface area contributed by atoms with Crippen LogP contribution < -0.4 is 5.32 Å². The normalized spacial score (nSPS) is 21.2. The lowest BCUT2D eigenvalue weighted by Crippen LogP contribution is -2.45. The minimum Gasteiger partial charge on any atom is -0.373 e. The van der Waals surface area contributed by atoms with Crippen molar-refractivity contribution in [3.8, 4) is 0 Å². The van der Waals surface area contributed by atoms with Gasteiger partial charge in [0.25, 0.3) is 0 Å². The van der Waals surface area contributed by atoms with Gasteiger partial charge in [-0.1, -0.05) is 30.3 Å². The number of amides is 1. The predicted octanol–water partition coefficient (Wildman–Crippen LogP) is 3.22. The zero-order valence-corrected chi connectivity index (χ0v) is 15.7. The van der Waals surface area contributed by atoms with Crippen LogP contribution in [0, 0.1) is 0 Å². The lowest BCUT2D eigenvalue weighted by atomic mass is 10.1. The van der Waals surface area contributed by atoms with Crippen LogP contribution in [0.2, 0.25) is 0 Å². The van der Waals surface area contributed by atoms with Crippen molar-refractivity contribution in [3.05, 3.63) is 57.8 Å². The lowest BCUT2D eigenvalue weighted by Gasteiger charge is -2.35. The Labute approximate surface area is 153 Å². The highest BCUT2D eigenvalue weighted by atomic mass is 32.1. The summed E-state index contributed by atoms with van der Waals surface area (Å²) in [6.45, 7) is 7.62. The molecule has 1 aliphatic rings. The fraction of sp³-hybridized carbons (Fsp3) is 0.450. The van der Waals surface area contributed by atoms with Gasteiger partial charge in [0.05, 0.1) is 18.6 Å². The Kier molecular flexibility index (Phi) is 6.24. The Morgan fingerprint density at radius 2 is 1.88 bits per heavy atom. The Morgan fingerprint density at radius 1 is 1.16 bits per heavy atom. The molecular formula is C20H26N2O2S. The molecular weight excluding hydrogens is 332 g/mol. The first-order valence-electron chi connectivity index (χ1n) is 8.84. The standard InChI is InChI=1S/C20H26N2O2S/c1-15-12-22(13-16(2)24-15)14-18-7-4-3-6-17(18)11-21-20(23)10-19-8-5-9-25-19/h3-9,15-16H,10-14H2,1-2H3,(H,21,23). The highest BCUT2D eigenvalue weighted by Gasteiger charge is 2.22. The largest absolute Gasteiger partial charge is 0.373 e. The molecule has 0 spiro atoms. The van der Waals surface area contributed by atoms with E-state index in [0.29, 0.717) is 13.0 Å². The maximum absolute atomic E-state index is 12.1. The number of carbonyl (C=O) groups excluding carboxylic acids is 1. The predicted molar refractivity (Wildman–Crippen MR) is 102 cm³/mol. The van der Waals surface area contributed by atoms with Crippen molar-refractivity contribution in [2.45, 2.75) is 45.6 Å². The van der Waals surface area contributed by atoms with Crippen LogP contribution in [0.3, 0.4) is 0 Å². The van der Waals surface area contributed by atoms with Crippen LogP contribution in [0.1, 0.15) is 29.9 Å². The van der Waals surface area contributed by atoms with Crippen LogP contribution in [0.15, 0.2) is 41.8 Å². The summed E-state index contributed by atoms with van der Waals surface area (Å²) < 4.78 is 5.82. The topological polar surface area (TPSA) is 41.6 Å². The van der Waals surface area contributed by atoms with E-state index in [9.17, 15) is 4.79 Å².